The monoisotopic (exact) mass is 296 g/mol. The van der Waals surface area contributed by atoms with Crippen LogP contribution in [0, 0.1) is 0 Å². The van der Waals surface area contributed by atoms with E-state index in [2.05, 4.69) is 0 Å². The van der Waals surface area contributed by atoms with Crippen LogP contribution in [-0.2, 0) is 6.42 Å². The van der Waals surface area contributed by atoms with Gasteiger partial charge in [-0.1, -0.05) is 25.1 Å². The lowest BCUT2D eigenvalue weighted by atomic mass is 9.99. The minimum absolute atomic E-state index is 0.0319. The van der Waals surface area contributed by atoms with Crippen molar-refractivity contribution in [1.82, 2.24) is 0 Å². The Bertz CT molecular complexity index is 785. The van der Waals surface area contributed by atoms with Gasteiger partial charge in [0.15, 0.2) is 5.78 Å². The van der Waals surface area contributed by atoms with Crippen LogP contribution >= 0.6 is 11.8 Å². The lowest BCUT2D eigenvalue weighted by Gasteiger charge is -2.03. The first-order chi connectivity index (χ1) is 10.2. The van der Waals surface area contributed by atoms with E-state index in [9.17, 15) is 4.79 Å². The van der Waals surface area contributed by atoms with E-state index < -0.39 is 0 Å². The lowest BCUT2D eigenvalue weighted by Crippen LogP contribution is -2.03. The van der Waals surface area contributed by atoms with E-state index in [1.165, 1.54) is 0 Å². The molecule has 0 aliphatic carbocycles. The van der Waals surface area contributed by atoms with Gasteiger partial charge in [0.1, 0.15) is 11.3 Å². The second kappa shape index (κ2) is 5.78. The Morgan fingerprint density at radius 1 is 1.10 bits per heavy atom. The summed E-state index contributed by atoms with van der Waals surface area (Å²) >= 11 is 1.67. The fourth-order valence-corrected chi connectivity index (χ4v) is 2.89. The zero-order chi connectivity index (χ0) is 14.8. The lowest BCUT2D eigenvalue weighted by molar-refractivity contribution is 0.103. The molecule has 106 valence electrons. The molecule has 3 heteroatoms. The molecule has 0 radical (unpaired) electrons. The smallest absolute Gasteiger partial charge is 0.197 e. The third-order valence-electron chi connectivity index (χ3n) is 3.57. The summed E-state index contributed by atoms with van der Waals surface area (Å²) in [6.45, 7) is 2.01. The fraction of sp³-hybridized carbons (Fsp3) is 0.167. The zero-order valence-electron chi connectivity index (χ0n) is 12.1. The summed E-state index contributed by atoms with van der Waals surface area (Å²) in [5.41, 5.74) is 2.18. The standard InChI is InChI=1S/C18H16O2S/c1-3-15-17(14-6-4-5-7-16(14)20-15)18(19)12-8-10-13(21-2)11-9-12/h4-11H,3H2,1-2H3. The number of carbonyl (C=O) groups is 1. The molecule has 0 amide bonds. The van der Waals surface area contributed by atoms with Crippen LogP contribution in [0.1, 0.15) is 28.6 Å². The second-order valence-corrected chi connectivity index (χ2v) is 5.69. The van der Waals surface area contributed by atoms with Crippen molar-refractivity contribution < 1.29 is 9.21 Å². The Hall–Kier alpha value is -2.00. The molecule has 0 saturated carbocycles. The molecule has 3 rings (SSSR count). The number of rotatable bonds is 4. The normalized spacial score (nSPS) is 11.0. The van der Waals surface area contributed by atoms with E-state index in [1.54, 1.807) is 11.8 Å². The van der Waals surface area contributed by atoms with Crippen molar-refractivity contribution in [2.24, 2.45) is 0 Å². The number of para-hydroxylation sites is 1. The number of furan rings is 1. The predicted molar refractivity (Wildman–Crippen MR) is 87.2 cm³/mol. The number of ketones is 1. The molecule has 0 unspecified atom stereocenters. The van der Waals surface area contributed by atoms with E-state index in [4.69, 9.17) is 4.42 Å². The van der Waals surface area contributed by atoms with Crippen LogP contribution in [0.3, 0.4) is 0 Å². The first-order valence-electron chi connectivity index (χ1n) is 6.93. The third-order valence-corrected chi connectivity index (χ3v) is 4.31. The van der Waals surface area contributed by atoms with E-state index in [0.717, 1.165) is 21.6 Å². The molecule has 2 aromatic carbocycles. The van der Waals surface area contributed by atoms with Crippen LogP contribution in [0.5, 0.6) is 0 Å². The van der Waals surface area contributed by atoms with E-state index >= 15 is 0 Å². The molecule has 1 heterocycles. The zero-order valence-corrected chi connectivity index (χ0v) is 12.9. The van der Waals surface area contributed by atoms with Gasteiger partial charge in [-0.3, -0.25) is 4.79 Å². The summed E-state index contributed by atoms with van der Waals surface area (Å²) in [6.07, 6.45) is 2.73. The Morgan fingerprint density at radius 3 is 2.48 bits per heavy atom. The van der Waals surface area contributed by atoms with Crippen LogP contribution < -0.4 is 0 Å². The molecule has 21 heavy (non-hydrogen) atoms. The van der Waals surface area contributed by atoms with Crippen molar-refractivity contribution in [1.29, 1.82) is 0 Å². The van der Waals surface area contributed by atoms with E-state index in [1.807, 2.05) is 61.7 Å². The Labute approximate surface area is 128 Å². The van der Waals surface area contributed by atoms with E-state index in [-0.39, 0.29) is 5.78 Å². The van der Waals surface area contributed by atoms with Crippen molar-refractivity contribution in [3.8, 4) is 0 Å². The highest BCUT2D eigenvalue weighted by atomic mass is 32.2. The molecule has 3 aromatic rings. The summed E-state index contributed by atoms with van der Waals surface area (Å²) in [5, 5.41) is 0.897. The number of aryl methyl sites for hydroxylation is 1. The first kappa shape index (κ1) is 14.0. The number of benzene rings is 2. The summed E-state index contributed by atoms with van der Waals surface area (Å²) < 4.78 is 5.81. The molecule has 0 aliphatic rings. The number of hydrogen-bond donors (Lipinski definition) is 0. The molecule has 0 saturated heterocycles. The number of thioether (sulfide) groups is 1. The highest BCUT2D eigenvalue weighted by Gasteiger charge is 2.20. The minimum Gasteiger partial charge on any atom is -0.460 e. The molecular weight excluding hydrogens is 280 g/mol. The average molecular weight is 296 g/mol. The maximum atomic E-state index is 12.8. The molecule has 2 nitrogen and oxygen atoms in total. The maximum absolute atomic E-state index is 12.8. The molecule has 1 aromatic heterocycles. The molecule has 0 spiro atoms. The number of fused-ring (bicyclic) bond motifs is 1. The highest BCUT2D eigenvalue weighted by molar-refractivity contribution is 7.98. The van der Waals surface area contributed by atoms with Crippen molar-refractivity contribution in [2.45, 2.75) is 18.2 Å². The van der Waals surface area contributed by atoms with Gasteiger partial charge in [0.2, 0.25) is 0 Å². The van der Waals surface area contributed by atoms with Gasteiger partial charge in [-0.25, -0.2) is 0 Å². The molecule has 0 atom stereocenters. The number of hydrogen-bond acceptors (Lipinski definition) is 3. The van der Waals surface area contributed by atoms with Gasteiger partial charge in [0.05, 0.1) is 5.56 Å². The second-order valence-electron chi connectivity index (χ2n) is 4.81. The Morgan fingerprint density at radius 2 is 1.81 bits per heavy atom. The van der Waals surface area contributed by atoms with Crippen LogP contribution in [0.4, 0.5) is 0 Å². The molecule has 0 bridgehead atoms. The summed E-state index contributed by atoms with van der Waals surface area (Å²) in [5.74, 6) is 0.791. The SMILES string of the molecule is CCc1oc2ccccc2c1C(=O)c1ccc(SC)cc1. The topological polar surface area (TPSA) is 30.2 Å². The van der Waals surface area contributed by atoms with Gasteiger partial charge in [0, 0.05) is 22.3 Å². The van der Waals surface area contributed by atoms with Crippen LogP contribution in [0.15, 0.2) is 57.8 Å². The minimum atomic E-state index is 0.0319. The van der Waals surface area contributed by atoms with E-state index in [0.29, 0.717) is 17.5 Å². The summed E-state index contributed by atoms with van der Waals surface area (Å²) in [6, 6.07) is 15.4. The van der Waals surface area contributed by atoms with Gasteiger partial charge >= 0.3 is 0 Å². The molecule has 0 fully saturated rings. The van der Waals surface area contributed by atoms with Crippen molar-refractivity contribution in [3.05, 3.63) is 65.4 Å². The summed E-state index contributed by atoms with van der Waals surface area (Å²) in [4.78, 5) is 14.0. The van der Waals surface area contributed by atoms with Gasteiger partial charge < -0.3 is 4.42 Å². The quantitative estimate of drug-likeness (QED) is 0.504. The third kappa shape index (κ3) is 2.49. The highest BCUT2D eigenvalue weighted by Crippen LogP contribution is 2.29. The Kier molecular flexibility index (Phi) is 3.84. The maximum Gasteiger partial charge on any atom is 0.197 e. The molecular formula is C18H16O2S. The fourth-order valence-electron chi connectivity index (χ4n) is 2.48. The largest absolute Gasteiger partial charge is 0.460 e. The molecule has 0 N–H and O–H groups in total. The van der Waals surface area contributed by atoms with Gasteiger partial charge in [0.25, 0.3) is 0 Å². The van der Waals surface area contributed by atoms with Crippen LogP contribution in [-0.4, -0.2) is 12.0 Å². The van der Waals surface area contributed by atoms with Crippen LogP contribution in [0.2, 0.25) is 0 Å². The molecule has 0 aliphatic heterocycles. The summed E-state index contributed by atoms with van der Waals surface area (Å²) in [7, 11) is 0. The van der Waals surface area contributed by atoms with Crippen molar-refractivity contribution in [2.75, 3.05) is 6.26 Å². The van der Waals surface area contributed by atoms with Crippen molar-refractivity contribution in [3.63, 3.8) is 0 Å². The average Bonchev–Trinajstić information content (AvgIpc) is 2.92. The number of carbonyl (C=O) groups excluding carboxylic acids is 1. The van der Waals surface area contributed by atoms with Crippen molar-refractivity contribution >= 4 is 28.5 Å². The van der Waals surface area contributed by atoms with Crippen LogP contribution in [0.25, 0.3) is 11.0 Å². The van der Waals surface area contributed by atoms with Gasteiger partial charge in [-0.15, -0.1) is 11.8 Å². The first-order valence-corrected chi connectivity index (χ1v) is 8.16. The van der Waals surface area contributed by atoms with Gasteiger partial charge in [-0.05, 0) is 36.6 Å². The Balaban J connectivity index is 2.11. The predicted octanol–water partition coefficient (Wildman–Crippen LogP) is 4.95. The van der Waals surface area contributed by atoms with Gasteiger partial charge in [-0.2, -0.15) is 0 Å².